The van der Waals surface area contributed by atoms with Crippen molar-refractivity contribution in [3.8, 4) is 11.1 Å². The SMILES string of the molecule is C=CCS(=O)(=O)c1c(CC(C)C)sc(S(N)(=O)=O)c1-c1ccc(Cn2ccnc2)cc1. The van der Waals surface area contributed by atoms with Crippen LogP contribution in [0.25, 0.3) is 11.1 Å². The van der Waals surface area contributed by atoms with E-state index in [2.05, 4.69) is 11.6 Å². The average molecular weight is 480 g/mol. The van der Waals surface area contributed by atoms with Crippen LogP contribution in [0.2, 0.25) is 0 Å². The van der Waals surface area contributed by atoms with E-state index in [1.165, 1.54) is 6.08 Å². The quantitative estimate of drug-likeness (QED) is 0.472. The first-order valence-corrected chi connectivity index (χ1v) is 13.6. The Morgan fingerprint density at radius 3 is 2.39 bits per heavy atom. The lowest BCUT2D eigenvalue weighted by atomic mass is 10.0. The number of rotatable bonds is 9. The smallest absolute Gasteiger partial charge is 0.248 e. The number of benzene rings is 1. The minimum atomic E-state index is -4.13. The molecule has 0 aliphatic heterocycles. The van der Waals surface area contributed by atoms with E-state index in [1.54, 1.807) is 24.7 Å². The molecule has 10 heteroatoms. The molecule has 0 fully saturated rings. The molecule has 166 valence electrons. The molecule has 0 spiro atoms. The second kappa shape index (κ2) is 9.07. The molecule has 0 aliphatic carbocycles. The molecule has 0 radical (unpaired) electrons. The summed E-state index contributed by atoms with van der Waals surface area (Å²) in [6.45, 7) is 8.03. The molecule has 0 bridgehead atoms. The maximum Gasteiger partial charge on any atom is 0.248 e. The van der Waals surface area contributed by atoms with Crippen LogP contribution in [-0.2, 0) is 32.8 Å². The Morgan fingerprint density at radius 2 is 1.87 bits per heavy atom. The number of hydrogen-bond acceptors (Lipinski definition) is 6. The van der Waals surface area contributed by atoms with Crippen LogP contribution in [0.1, 0.15) is 24.3 Å². The lowest BCUT2D eigenvalue weighted by molar-refractivity contribution is 0.595. The molecule has 3 aromatic rings. The third-order valence-electron chi connectivity index (χ3n) is 4.57. The third-order valence-corrected chi connectivity index (χ3v) is 9.12. The van der Waals surface area contributed by atoms with Crippen molar-refractivity contribution >= 4 is 31.2 Å². The van der Waals surface area contributed by atoms with Crippen LogP contribution in [0.5, 0.6) is 0 Å². The first-order valence-electron chi connectivity index (χ1n) is 9.60. The van der Waals surface area contributed by atoms with Gasteiger partial charge >= 0.3 is 0 Å². The summed E-state index contributed by atoms with van der Waals surface area (Å²) in [5.41, 5.74) is 1.61. The molecule has 2 heterocycles. The number of aromatic nitrogens is 2. The summed E-state index contributed by atoms with van der Waals surface area (Å²) in [4.78, 5) is 4.55. The molecule has 3 rings (SSSR count). The lowest BCUT2D eigenvalue weighted by Crippen LogP contribution is -2.13. The lowest BCUT2D eigenvalue weighted by Gasteiger charge is -2.11. The number of hydrogen-bond donors (Lipinski definition) is 1. The Hall–Kier alpha value is -2.27. The Balaban J connectivity index is 2.21. The summed E-state index contributed by atoms with van der Waals surface area (Å²) < 4.78 is 52.9. The van der Waals surface area contributed by atoms with Gasteiger partial charge in [-0.3, -0.25) is 0 Å². The van der Waals surface area contributed by atoms with Crippen molar-refractivity contribution in [2.24, 2.45) is 11.1 Å². The van der Waals surface area contributed by atoms with Crippen molar-refractivity contribution < 1.29 is 16.8 Å². The second-order valence-electron chi connectivity index (χ2n) is 7.66. The number of imidazole rings is 1. The minimum absolute atomic E-state index is 0.0393. The van der Waals surface area contributed by atoms with Gasteiger partial charge in [-0.1, -0.05) is 44.2 Å². The minimum Gasteiger partial charge on any atom is -0.333 e. The molecule has 2 N–H and O–H groups in total. The summed E-state index contributed by atoms with van der Waals surface area (Å²) in [7, 11) is -7.93. The van der Waals surface area contributed by atoms with E-state index < -0.39 is 19.9 Å². The highest BCUT2D eigenvalue weighted by molar-refractivity contribution is 7.93. The molecule has 2 aromatic heterocycles. The van der Waals surface area contributed by atoms with Crippen molar-refractivity contribution in [1.82, 2.24) is 9.55 Å². The van der Waals surface area contributed by atoms with E-state index in [-0.39, 0.29) is 26.3 Å². The molecule has 0 unspecified atom stereocenters. The Labute approximate surface area is 187 Å². The molecule has 0 amide bonds. The van der Waals surface area contributed by atoms with Crippen LogP contribution in [0.15, 0.2) is 64.7 Å². The zero-order chi connectivity index (χ0) is 22.8. The predicted molar refractivity (Wildman–Crippen MR) is 123 cm³/mol. The highest BCUT2D eigenvalue weighted by atomic mass is 32.2. The van der Waals surface area contributed by atoms with Crippen LogP contribution in [-0.4, -0.2) is 32.1 Å². The zero-order valence-electron chi connectivity index (χ0n) is 17.4. The molecule has 7 nitrogen and oxygen atoms in total. The molecule has 31 heavy (non-hydrogen) atoms. The molecule has 0 saturated heterocycles. The fourth-order valence-electron chi connectivity index (χ4n) is 3.33. The van der Waals surface area contributed by atoms with E-state index in [9.17, 15) is 16.8 Å². The maximum absolute atomic E-state index is 13.1. The van der Waals surface area contributed by atoms with Gasteiger partial charge in [0.05, 0.1) is 17.0 Å². The highest BCUT2D eigenvalue weighted by Gasteiger charge is 2.32. The monoisotopic (exact) mass is 479 g/mol. The molecular weight excluding hydrogens is 454 g/mol. The molecule has 0 saturated carbocycles. The number of sulfone groups is 1. The van der Waals surface area contributed by atoms with E-state index in [4.69, 9.17) is 5.14 Å². The van der Waals surface area contributed by atoms with Crippen molar-refractivity contribution in [3.63, 3.8) is 0 Å². The van der Waals surface area contributed by atoms with Gasteiger partial charge in [-0.15, -0.1) is 17.9 Å². The number of nitrogens with two attached hydrogens (primary N) is 1. The molecule has 0 atom stereocenters. The van der Waals surface area contributed by atoms with E-state index >= 15 is 0 Å². The van der Waals surface area contributed by atoms with Gasteiger partial charge in [-0.2, -0.15) is 0 Å². The van der Waals surface area contributed by atoms with E-state index in [0.29, 0.717) is 23.4 Å². The van der Waals surface area contributed by atoms with Crippen LogP contribution in [0.4, 0.5) is 0 Å². The Kier molecular flexibility index (Phi) is 6.85. The van der Waals surface area contributed by atoms with Gasteiger partial charge in [-0.05, 0) is 23.5 Å². The molecular formula is C21H25N3O4S3. The van der Waals surface area contributed by atoms with E-state index in [1.807, 2.05) is 36.7 Å². The van der Waals surface area contributed by atoms with Gasteiger partial charge in [0.15, 0.2) is 9.84 Å². The van der Waals surface area contributed by atoms with Gasteiger partial charge < -0.3 is 4.57 Å². The summed E-state index contributed by atoms with van der Waals surface area (Å²) in [5, 5.41) is 5.50. The van der Waals surface area contributed by atoms with Crippen molar-refractivity contribution in [2.75, 3.05) is 5.75 Å². The fourth-order valence-corrected chi connectivity index (χ4v) is 7.83. The first-order chi connectivity index (χ1) is 14.5. The second-order valence-corrected chi connectivity index (χ2v) is 12.5. The van der Waals surface area contributed by atoms with Gasteiger partial charge in [0.2, 0.25) is 10.0 Å². The first kappa shape index (κ1) is 23.4. The van der Waals surface area contributed by atoms with Crippen LogP contribution >= 0.6 is 11.3 Å². The topological polar surface area (TPSA) is 112 Å². The van der Waals surface area contributed by atoms with Gasteiger partial charge in [0, 0.05) is 29.4 Å². The number of thiophene rings is 1. The Morgan fingerprint density at radius 1 is 1.19 bits per heavy atom. The van der Waals surface area contributed by atoms with Gasteiger partial charge in [-0.25, -0.2) is 27.0 Å². The largest absolute Gasteiger partial charge is 0.333 e. The Bertz CT molecular complexity index is 1270. The number of primary sulfonamides is 1. The van der Waals surface area contributed by atoms with Crippen LogP contribution < -0.4 is 5.14 Å². The summed E-state index contributed by atoms with van der Waals surface area (Å²) in [6, 6.07) is 7.14. The highest BCUT2D eigenvalue weighted by Crippen LogP contribution is 2.43. The number of sulfonamides is 1. The predicted octanol–water partition coefficient (Wildman–Crippen LogP) is 3.47. The summed E-state index contributed by atoms with van der Waals surface area (Å²) >= 11 is 0.938. The van der Waals surface area contributed by atoms with Gasteiger partial charge in [0.25, 0.3) is 0 Å². The van der Waals surface area contributed by atoms with E-state index in [0.717, 1.165) is 16.9 Å². The standard InChI is InChI=1S/C21H25N3O4S3/c1-4-11-30(25,26)20-18(12-15(2)3)29-21(31(22,27)28)19(20)17-7-5-16(6-8-17)13-24-10-9-23-14-24/h4-10,14-15H,1,11-13H2,2-3H3,(H2,22,27,28). The fraction of sp³-hybridized carbons (Fsp3) is 0.286. The average Bonchev–Trinajstić information content (AvgIpc) is 3.29. The van der Waals surface area contributed by atoms with Crippen LogP contribution in [0, 0.1) is 5.92 Å². The summed E-state index contributed by atoms with van der Waals surface area (Å²) in [5.74, 6) is -0.153. The van der Waals surface area contributed by atoms with Gasteiger partial charge in [0.1, 0.15) is 4.21 Å². The summed E-state index contributed by atoms with van der Waals surface area (Å²) in [6.07, 6.45) is 6.96. The van der Waals surface area contributed by atoms with Crippen LogP contribution in [0.3, 0.4) is 0 Å². The number of nitrogens with zero attached hydrogens (tertiary/aromatic N) is 2. The molecule has 1 aromatic carbocycles. The third kappa shape index (κ3) is 5.32. The normalized spacial score (nSPS) is 12.4. The maximum atomic E-state index is 13.1. The molecule has 0 aliphatic rings. The van der Waals surface area contributed by atoms with Crippen molar-refractivity contribution in [2.45, 2.75) is 35.9 Å². The zero-order valence-corrected chi connectivity index (χ0v) is 19.8. The van der Waals surface area contributed by atoms with Crippen molar-refractivity contribution in [3.05, 3.63) is 66.1 Å². The van der Waals surface area contributed by atoms with Crippen molar-refractivity contribution in [1.29, 1.82) is 0 Å².